The van der Waals surface area contributed by atoms with Crippen molar-refractivity contribution in [3.63, 3.8) is 0 Å². The Hall–Kier alpha value is -2.68. The average molecular weight is 455 g/mol. The molecule has 31 heavy (non-hydrogen) atoms. The summed E-state index contributed by atoms with van der Waals surface area (Å²) in [7, 11) is 0. The Morgan fingerprint density at radius 1 is 1.10 bits per heavy atom. The number of nitrogens with one attached hydrogen (secondary N) is 2. The van der Waals surface area contributed by atoms with Crippen LogP contribution in [0.15, 0.2) is 48.5 Å². The van der Waals surface area contributed by atoms with Crippen molar-refractivity contribution in [1.29, 1.82) is 0 Å². The molecule has 0 radical (unpaired) electrons. The molecule has 0 amide bonds. The van der Waals surface area contributed by atoms with Crippen LogP contribution in [-0.2, 0) is 6.54 Å². The summed E-state index contributed by atoms with van der Waals surface area (Å²) in [6.07, 6.45) is 0. The Bertz CT molecular complexity index is 1220. The van der Waals surface area contributed by atoms with E-state index in [4.69, 9.17) is 16.6 Å². The molecule has 158 valence electrons. The van der Waals surface area contributed by atoms with E-state index in [9.17, 15) is 4.39 Å². The van der Waals surface area contributed by atoms with Crippen LogP contribution in [0.5, 0.6) is 0 Å². The summed E-state index contributed by atoms with van der Waals surface area (Å²) >= 11 is 8.39. The first kappa shape index (κ1) is 20.2. The van der Waals surface area contributed by atoms with Gasteiger partial charge in [-0.05, 0) is 30.3 Å². The summed E-state index contributed by atoms with van der Waals surface area (Å²) in [4.78, 5) is 11.9. The van der Waals surface area contributed by atoms with Crippen molar-refractivity contribution in [1.82, 2.24) is 25.1 Å². The zero-order valence-corrected chi connectivity index (χ0v) is 18.2. The van der Waals surface area contributed by atoms with Crippen molar-refractivity contribution in [2.75, 3.05) is 29.9 Å². The number of anilines is 2. The number of rotatable bonds is 5. The Morgan fingerprint density at radius 3 is 2.77 bits per heavy atom. The summed E-state index contributed by atoms with van der Waals surface area (Å²) in [6, 6.07) is 14.0. The highest BCUT2D eigenvalue weighted by Gasteiger charge is 2.16. The minimum atomic E-state index is -0.319. The molecule has 0 atom stereocenters. The Balaban J connectivity index is 1.53. The average Bonchev–Trinajstić information content (AvgIpc) is 3.16. The number of thioether (sulfide) groups is 1. The van der Waals surface area contributed by atoms with Gasteiger partial charge >= 0.3 is 0 Å². The number of halogens is 2. The summed E-state index contributed by atoms with van der Waals surface area (Å²) < 4.78 is 13.8. The van der Waals surface area contributed by atoms with E-state index in [1.807, 2.05) is 42.1 Å². The minimum absolute atomic E-state index is 0.319. The molecule has 1 aliphatic heterocycles. The molecule has 0 unspecified atom stereocenters. The summed E-state index contributed by atoms with van der Waals surface area (Å²) in [5.74, 6) is 3.57. The number of hydrogen-bond acceptors (Lipinski definition) is 6. The van der Waals surface area contributed by atoms with Crippen molar-refractivity contribution < 1.29 is 4.39 Å². The maximum Gasteiger partial charge on any atom is 0.163 e. The van der Waals surface area contributed by atoms with Gasteiger partial charge in [0, 0.05) is 48.2 Å². The number of benzene rings is 2. The third-order valence-electron chi connectivity index (χ3n) is 5.15. The third kappa shape index (κ3) is 4.51. The number of hydrogen-bond donors (Lipinski definition) is 2. The van der Waals surface area contributed by atoms with Gasteiger partial charge in [0.1, 0.15) is 11.6 Å². The van der Waals surface area contributed by atoms with E-state index < -0.39 is 0 Å². The van der Waals surface area contributed by atoms with Crippen LogP contribution in [0.2, 0.25) is 5.02 Å². The molecule has 0 spiro atoms. The van der Waals surface area contributed by atoms with Gasteiger partial charge in [-0.15, -0.1) is 0 Å². The zero-order valence-electron chi connectivity index (χ0n) is 16.6. The van der Waals surface area contributed by atoms with Gasteiger partial charge in [0.25, 0.3) is 0 Å². The van der Waals surface area contributed by atoms with Crippen molar-refractivity contribution in [2.45, 2.75) is 6.54 Å². The number of aromatic nitrogens is 4. The normalized spacial score (nSPS) is 14.8. The van der Waals surface area contributed by atoms with E-state index in [1.165, 1.54) is 12.1 Å². The second-order valence-electron chi connectivity index (χ2n) is 7.32. The Labute approximate surface area is 188 Å². The van der Waals surface area contributed by atoms with E-state index in [0.717, 1.165) is 47.9 Å². The van der Waals surface area contributed by atoms with Gasteiger partial charge in [0.05, 0.1) is 16.2 Å². The van der Waals surface area contributed by atoms with Gasteiger partial charge in [-0.25, -0.2) is 14.4 Å². The molecule has 9 heteroatoms. The van der Waals surface area contributed by atoms with Crippen LogP contribution in [0, 0.1) is 5.82 Å². The number of aromatic amines is 1. The predicted octanol–water partition coefficient (Wildman–Crippen LogP) is 5.10. The molecular weight excluding hydrogens is 435 g/mol. The van der Waals surface area contributed by atoms with Crippen LogP contribution in [0.4, 0.5) is 16.0 Å². The first-order valence-electron chi connectivity index (χ1n) is 9.99. The summed E-state index contributed by atoms with van der Waals surface area (Å²) in [5, 5.41) is 11.7. The highest BCUT2D eigenvalue weighted by Crippen LogP contribution is 2.29. The smallest absolute Gasteiger partial charge is 0.163 e. The fourth-order valence-electron chi connectivity index (χ4n) is 3.60. The number of fused-ring (bicyclic) bond motifs is 1. The molecule has 4 aromatic rings. The van der Waals surface area contributed by atoms with Crippen LogP contribution in [-0.4, -0.2) is 49.7 Å². The van der Waals surface area contributed by atoms with E-state index >= 15 is 0 Å². The van der Waals surface area contributed by atoms with Gasteiger partial charge in [0.2, 0.25) is 0 Å². The maximum absolute atomic E-state index is 13.8. The molecule has 3 heterocycles. The lowest BCUT2D eigenvalue weighted by Crippen LogP contribution is -2.32. The number of nitrogens with zero attached hydrogens (tertiary/aromatic N) is 4. The lowest BCUT2D eigenvalue weighted by atomic mass is 10.2. The molecule has 2 aromatic heterocycles. The highest BCUT2D eigenvalue weighted by atomic mass is 35.5. The Kier molecular flexibility index (Phi) is 5.76. The molecule has 0 saturated carbocycles. The van der Waals surface area contributed by atoms with E-state index in [-0.39, 0.29) is 5.82 Å². The molecule has 0 aliphatic carbocycles. The van der Waals surface area contributed by atoms with Crippen LogP contribution < -0.4 is 5.32 Å². The molecule has 0 bridgehead atoms. The highest BCUT2D eigenvalue weighted by molar-refractivity contribution is 7.99. The standard InChI is InChI=1S/C22H20ClFN6S/c23-18-4-2-1-3-16(18)21-25-15(13-30-7-9-31-10-8-30)12-20(26-21)27-22-17-11-14(24)5-6-19(17)28-29-22/h1-6,11-12H,7-10,13H2,(H2,25,26,27,28,29). The molecule has 1 aliphatic rings. The van der Waals surface area contributed by atoms with Crippen LogP contribution in [0.1, 0.15) is 5.69 Å². The molecule has 5 rings (SSSR count). The summed E-state index contributed by atoms with van der Waals surface area (Å²) in [5.41, 5.74) is 2.40. The van der Waals surface area contributed by atoms with E-state index in [1.54, 1.807) is 6.07 Å². The fourth-order valence-corrected chi connectivity index (χ4v) is 4.80. The monoisotopic (exact) mass is 454 g/mol. The largest absolute Gasteiger partial charge is 0.323 e. The minimum Gasteiger partial charge on any atom is -0.323 e. The molecule has 1 fully saturated rings. The van der Waals surface area contributed by atoms with Crippen LogP contribution in [0.3, 0.4) is 0 Å². The van der Waals surface area contributed by atoms with Gasteiger partial charge in [-0.1, -0.05) is 23.7 Å². The second-order valence-corrected chi connectivity index (χ2v) is 8.96. The van der Waals surface area contributed by atoms with Crippen molar-refractivity contribution in [2.24, 2.45) is 0 Å². The fraction of sp³-hybridized carbons (Fsp3) is 0.227. The maximum atomic E-state index is 13.8. The van der Waals surface area contributed by atoms with Gasteiger partial charge in [0.15, 0.2) is 11.6 Å². The van der Waals surface area contributed by atoms with Crippen LogP contribution in [0.25, 0.3) is 22.3 Å². The lowest BCUT2D eigenvalue weighted by molar-refractivity contribution is 0.291. The molecule has 2 aromatic carbocycles. The molecular formula is C22H20ClFN6S. The first-order chi connectivity index (χ1) is 15.2. The molecule has 2 N–H and O–H groups in total. The first-order valence-corrected chi connectivity index (χ1v) is 11.5. The molecule has 1 saturated heterocycles. The van der Waals surface area contributed by atoms with Gasteiger partial charge < -0.3 is 5.32 Å². The second kappa shape index (κ2) is 8.82. The Morgan fingerprint density at radius 2 is 1.94 bits per heavy atom. The van der Waals surface area contributed by atoms with Crippen molar-refractivity contribution in [3.05, 3.63) is 65.1 Å². The summed E-state index contributed by atoms with van der Waals surface area (Å²) in [6.45, 7) is 2.79. The van der Waals surface area contributed by atoms with E-state index in [2.05, 4.69) is 25.4 Å². The quantitative estimate of drug-likeness (QED) is 0.437. The predicted molar refractivity (Wildman–Crippen MR) is 124 cm³/mol. The number of H-pyrrole nitrogens is 1. The zero-order chi connectivity index (χ0) is 21.2. The van der Waals surface area contributed by atoms with Gasteiger partial charge in [-0.3, -0.25) is 10.00 Å². The molecule has 6 nitrogen and oxygen atoms in total. The third-order valence-corrected chi connectivity index (χ3v) is 6.43. The van der Waals surface area contributed by atoms with E-state index in [0.29, 0.717) is 27.9 Å². The SMILES string of the molecule is Fc1ccc2[nH]nc(Nc3cc(CN4CCSCC4)nc(-c4ccccc4Cl)n3)c2c1. The van der Waals surface area contributed by atoms with Gasteiger partial charge in [-0.2, -0.15) is 16.9 Å². The lowest BCUT2D eigenvalue weighted by Gasteiger charge is -2.26. The van der Waals surface area contributed by atoms with Crippen LogP contribution >= 0.6 is 23.4 Å². The van der Waals surface area contributed by atoms with Crippen molar-refractivity contribution >= 4 is 45.9 Å². The van der Waals surface area contributed by atoms with Crippen molar-refractivity contribution in [3.8, 4) is 11.4 Å². The topological polar surface area (TPSA) is 69.7 Å².